The lowest BCUT2D eigenvalue weighted by Crippen LogP contribution is -2.47. The maximum absolute atomic E-state index is 12.6. The average molecular weight is 431 g/mol. The van der Waals surface area contributed by atoms with Gasteiger partial charge in [-0.25, -0.2) is 8.42 Å². The zero-order valence-corrected chi connectivity index (χ0v) is 17.4. The Morgan fingerprint density at radius 3 is 2.33 bits per heavy atom. The van der Waals surface area contributed by atoms with Crippen LogP contribution >= 0.6 is 23.2 Å². The molecule has 6 nitrogen and oxygen atoms in total. The minimum absolute atomic E-state index is 0.152. The van der Waals surface area contributed by atoms with Crippen LogP contribution in [0.4, 0.5) is 5.69 Å². The number of nitrogens with one attached hydrogen (secondary N) is 1. The first kappa shape index (κ1) is 21.3. The highest BCUT2D eigenvalue weighted by atomic mass is 35.5. The highest BCUT2D eigenvalue weighted by molar-refractivity contribution is 7.92. The van der Waals surface area contributed by atoms with Crippen LogP contribution in [0, 0.1) is 0 Å². The predicted molar refractivity (Wildman–Crippen MR) is 108 cm³/mol. The Labute approximate surface area is 169 Å². The summed E-state index contributed by atoms with van der Waals surface area (Å²) in [6.45, 7) is 1.67. The zero-order chi connectivity index (χ0) is 20.2. The Bertz CT molecular complexity index is 917. The third kappa shape index (κ3) is 5.51. The van der Waals surface area contributed by atoms with Crippen LogP contribution in [-0.2, 0) is 21.4 Å². The number of hydrogen-bond acceptors (Lipinski definition) is 4. The van der Waals surface area contributed by atoms with Gasteiger partial charge in [-0.3, -0.25) is 9.10 Å². The molecular weight excluding hydrogens is 411 g/mol. The van der Waals surface area contributed by atoms with Gasteiger partial charge in [-0.2, -0.15) is 0 Å². The number of sulfonamides is 1. The first-order chi connectivity index (χ1) is 12.6. The first-order valence-corrected chi connectivity index (χ1v) is 10.6. The number of hydrogen-bond donors (Lipinski definition) is 1. The Hall–Kier alpha value is -1.96. The smallest absolute Gasteiger partial charge is 0.243 e. The van der Waals surface area contributed by atoms with Gasteiger partial charge in [0.15, 0.2) is 0 Å². The van der Waals surface area contributed by atoms with E-state index in [1.807, 2.05) is 0 Å². The van der Waals surface area contributed by atoms with Crippen LogP contribution in [0.25, 0.3) is 0 Å². The maximum atomic E-state index is 12.6. The van der Waals surface area contributed by atoms with Crippen molar-refractivity contribution in [2.24, 2.45) is 0 Å². The standard InChI is InChI=1S/C18H20Cl2N2O4S/c1-12(18(23)21-11-13-4-5-14(19)10-17(13)20)22(27(3,24)25)15-6-8-16(26-2)9-7-15/h4-10,12H,11H2,1-3H3,(H,21,23)/t12-/m1/s1. The van der Waals surface area contributed by atoms with Gasteiger partial charge in [-0.05, 0) is 48.9 Å². The van der Waals surface area contributed by atoms with Crippen LogP contribution in [-0.4, -0.2) is 33.7 Å². The van der Waals surface area contributed by atoms with Crippen LogP contribution in [0.1, 0.15) is 12.5 Å². The summed E-state index contributed by atoms with van der Waals surface area (Å²) < 4.78 is 30.7. The molecule has 0 radical (unpaired) electrons. The summed E-state index contributed by atoms with van der Waals surface area (Å²) in [6, 6.07) is 10.4. The van der Waals surface area contributed by atoms with Crippen molar-refractivity contribution in [3.05, 3.63) is 58.1 Å². The molecule has 2 rings (SSSR count). The minimum Gasteiger partial charge on any atom is -0.497 e. The second kappa shape index (κ2) is 8.82. The van der Waals surface area contributed by atoms with Gasteiger partial charge in [0, 0.05) is 16.6 Å². The molecule has 0 fully saturated rings. The summed E-state index contributed by atoms with van der Waals surface area (Å²) in [6.07, 6.45) is 1.05. The number of amides is 1. The van der Waals surface area contributed by atoms with Crippen LogP contribution in [0.5, 0.6) is 5.75 Å². The Morgan fingerprint density at radius 2 is 1.81 bits per heavy atom. The quantitative estimate of drug-likeness (QED) is 0.729. The van der Waals surface area contributed by atoms with Gasteiger partial charge in [0.05, 0.1) is 19.1 Å². The van der Waals surface area contributed by atoms with Gasteiger partial charge >= 0.3 is 0 Å². The molecule has 2 aromatic rings. The van der Waals surface area contributed by atoms with E-state index in [0.717, 1.165) is 10.6 Å². The van der Waals surface area contributed by atoms with Gasteiger partial charge in [-0.15, -0.1) is 0 Å². The highest BCUT2D eigenvalue weighted by Gasteiger charge is 2.29. The number of ether oxygens (including phenoxy) is 1. The van der Waals surface area contributed by atoms with E-state index in [1.165, 1.54) is 14.0 Å². The molecule has 0 spiro atoms. The number of benzene rings is 2. The largest absolute Gasteiger partial charge is 0.497 e. The molecule has 0 saturated heterocycles. The molecule has 0 unspecified atom stereocenters. The van der Waals surface area contributed by atoms with Crippen LogP contribution in [0.3, 0.4) is 0 Å². The molecule has 27 heavy (non-hydrogen) atoms. The van der Waals surface area contributed by atoms with E-state index in [9.17, 15) is 13.2 Å². The van der Waals surface area contributed by atoms with E-state index in [1.54, 1.807) is 42.5 Å². The maximum Gasteiger partial charge on any atom is 0.243 e. The van der Waals surface area contributed by atoms with Crippen LogP contribution in [0.15, 0.2) is 42.5 Å². The minimum atomic E-state index is -3.69. The normalized spacial score (nSPS) is 12.3. The molecule has 0 saturated carbocycles. The lowest BCUT2D eigenvalue weighted by atomic mass is 10.2. The summed E-state index contributed by atoms with van der Waals surface area (Å²) in [5.41, 5.74) is 1.04. The van der Waals surface area contributed by atoms with Crippen molar-refractivity contribution >= 4 is 44.8 Å². The molecule has 146 valence electrons. The molecule has 0 aromatic heterocycles. The predicted octanol–water partition coefficient (Wildman–Crippen LogP) is 3.47. The molecule has 0 bridgehead atoms. The number of anilines is 1. The number of methoxy groups -OCH3 is 1. The fourth-order valence-corrected chi connectivity index (χ4v) is 4.18. The van der Waals surface area contributed by atoms with Crippen molar-refractivity contribution in [2.75, 3.05) is 17.7 Å². The van der Waals surface area contributed by atoms with Crippen molar-refractivity contribution in [1.29, 1.82) is 0 Å². The average Bonchev–Trinajstić information content (AvgIpc) is 2.60. The summed E-state index contributed by atoms with van der Waals surface area (Å²) in [5.74, 6) is 0.129. The number of carbonyl (C=O) groups excluding carboxylic acids is 1. The van der Waals surface area contributed by atoms with E-state index < -0.39 is 22.0 Å². The van der Waals surface area contributed by atoms with E-state index in [0.29, 0.717) is 27.0 Å². The summed E-state index contributed by atoms with van der Waals surface area (Å²) in [7, 11) is -2.18. The van der Waals surface area contributed by atoms with Gasteiger partial charge in [-0.1, -0.05) is 29.3 Å². The van der Waals surface area contributed by atoms with Crippen molar-refractivity contribution in [3.63, 3.8) is 0 Å². The Kier molecular flexibility index (Phi) is 6.97. The number of rotatable bonds is 7. The third-order valence-electron chi connectivity index (χ3n) is 3.88. The second-order valence-electron chi connectivity index (χ2n) is 5.89. The van der Waals surface area contributed by atoms with E-state index in [4.69, 9.17) is 27.9 Å². The fourth-order valence-electron chi connectivity index (χ4n) is 2.53. The summed E-state index contributed by atoms with van der Waals surface area (Å²) >= 11 is 12.0. The third-order valence-corrected chi connectivity index (χ3v) is 5.71. The zero-order valence-electron chi connectivity index (χ0n) is 15.1. The van der Waals surface area contributed by atoms with Crippen LogP contribution in [0.2, 0.25) is 10.0 Å². The molecule has 1 atom stereocenters. The number of halogens is 2. The van der Waals surface area contributed by atoms with E-state index in [-0.39, 0.29) is 6.54 Å². The molecule has 0 aliphatic heterocycles. The van der Waals surface area contributed by atoms with E-state index >= 15 is 0 Å². The van der Waals surface area contributed by atoms with Crippen LogP contribution < -0.4 is 14.4 Å². The molecule has 1 N–H and O–H groups in total. The van der Waals surface area contributed by atoms with Crippen molar-refractivity contribution in [3.8, 4) is 5.75 Å². The molecule has 1 amide bonds. The first-order valence-electron chi connectivity index (χ1n) is 7.98. The van der Waals surface area contributed by atoms with Crippen molar-refractivity contribution in [1.82, 2.24) is 5.32 Å². The summed E-state index contributed by atoms with van der Waals surface area (Å²) in [5, 5.41) is 3.62. The second-order valence-corrected chi connectivity index (χ2v) is 8.59. The van der Waals surface area contributed by atoms with Gasteiger partial charge in [0.2, 0.25) is 15.9 Å². The molecular formula is C18H20Cl2N2O4S. The number of nitrogens with zero attached hydrogens (tertiary/aromatic N) is 1. The monoisotopic (exact) mass is 430 g/mol. The molecule has 0 heterocycles. The van der Waals surface area contributed by atoms with Crippen molar-refractivity contribution < 1.29 is 17.9 Å². The lowest BCUT2D eigenvalue weighted by molar-refractivity contribution is -0.122. The van der Waals surface area contributed by atoms with Gasteiger partial charge in [0.1, 0.15) is 11.8 Å². The van der Waals surface area contributed by atoms with Crippen molar-refractivity contribution in [2.45, 2.75) is 19.5 Å². The SMILES string of the molecule is COc1ccc(N([C@H](C)C(=O)NCc2ccc(Cl)cc2Cl)S(C)(=O)=O)cc1. The molecule has 2 aromatic carbocycles. The van der Waals surface area contributed by atoms with Gasteiger partial charge in [0.25, 0.3) is 0 Å². The molecule has 9 heteroatoms. The Morgan fingerprint density at radius 1 is 1.19 bits per heavy atom. The highest BCUT2D eigenvalue weighted by Crippen LogP contribution is 2.24. The van der Waals surface area contributed by atoms with E-state index in [2.05, 4.69) is 5.32 Å². The summed E-state index contributed by atoms with van der Waals surface area (Å²) in [4.78, 5) is 12.6. The van der Waals surface area contributed by atoms with Gasteiger partial charge < -0.3 is 10.1 Å². The topological polar surface area (TPSA) is 75.7 Å². The lowest BCUT2D eigenvalue weighted by Gasteiger charge is -2.28. The molecule has 0 aliphatic rings. The molecule has 0 aliphatic carbocycles. The Balaban J connectivity index is 2.18. The fraction of sp³-hybridized carbons (Fsp3) is 0.278. The number of carbonyl (C=O) groups is 1.